The summed E-state index contributed by atoms with van der Waals surface area (Å²) >= 11 is 0. The Labute approximate surface area is 161 Å². The van der Waals surface area contributed by atoms with E-state index in [1.54, 1.807) is 24.3 Å². The van der Waals surface area contributed by atoms with E-state index in [1.165, 1.54) is 4.90 Å². The van der Waals surface area contributed by atoms with E-state index in [4.69, 9.17) is 0 Å². The Bertz CT molecular complexity index is 1040. The first-order valence-corrected chi connectivity index (χ1v) is 10.5. The maximum atomic E-state index is 13.9. The summed E-state index contributed by atoms with van der Waals surface area (Å²) in [6, 6.07) is 8.38. The summed E-state index contributed by atoms with van der Waals surface area (Å²) in [5.74, 6) is -3.23. The van der Waals surface area contributed by atoms with Gasteiger partial charge in [0.1, 0.15) is 27.5 Å². The zero-order valence-corrected chi connectivity index (χ0v) is 15.8. The lowest BCUT2D eigenvalue weighted by Gasteiger charge is -2.27. The van der Waals surface area contributed by atoms with Gasteiger partial charge in [0.05, 0.1) is 11.4 Å². The summed E-state index contributed by atoms with van der Waals surface area (Å²) < 4.78 is 50.1. The van der Waals surface area contributed by atoms with Gasteiger partial charge in [-0.2, -0.15) is 0 Å². The standard InChI is InChI=1S/C19H18F2N2O4S/c1-28(26,27)9-8-17(18(24)22-16-7-6-13(20)10-15(16)21)23-11-12-4-2-3-5-14(12)19(23)25/h2-7,10,17H,8-9,11H2,1H3,(H,22,24). The Balaban J connectivity index is 1.87. The van der Waals surface area contributed by atoms with E-state index in [2.05, 4.69) is 5.32 Å². The molecule has 28 heavy (non-hydrogen) atoms. The van der Waals surface area contributed by atoms with Crippen molar-refractivity contribution in [2.24, 2.45) is 0 Å². The van der Waals surface area contributed by atoms with Crippen molar-refractivity contribution in [2.75, 3.05) is 17.3 Å². The minimum atomic E-state index is -3.40. The molecule has 0 aromatic heterocycles. The normalized spacial score (nSPS) is 14.7. The first kappa shape index (κ1) is 19.9. The van der Waals surface area contributed by atoms with Crippen molar-refractivity contribution in [1.29, 1.82) is 0 Å². The average molecular weight is 408 g/mol. The fourth-order valence-electron chi connectivity index (χ4n) is 3.09. The van der Waals surface area contributed by atoms with Crippen LogP contribution in [0.3, 0.4) is 0 Å². The van der Waals surface area contributed by atoms with Crippen molar-refractivity contribution in [1.82, 2.24) is 4.90 Å². The maximum Gasteiger partial charge on any atom is 0.255 e. The van der Waals surface area contributed by atoms with Gasteiger partial charge in [0.15, 0.2) is 0 Å². The topological polar surface area (TPSA) is 83.6 Å². The van der Waals surface area contributed by atoms with Gasteiger partial charge in [-0.3, -0.25) is 9.59 Å². The summed E-state index contributed by atoms with van der Waals surface area (Å²) in [6.07, 6.45) is 0.884. The van der Waals surface area contributed by atoms with Crippen LogP contribution < -0.4 is 5.32 Å². The first-order chi connectivity index (χ1) is 13.2. The number of hydrogen-bond donors (Lipinski definition) is 1. The van der Waals surface area contributed by atoms with Gasteiger partial charge >= 0.3 is 0 Å². The van der Waals surface area contributed by atoms with Gasteiger partial charge in [0.25, 0.3) is 5.91 Å². The molecular weight excluding hydrogens is 390 g/mol. The van der Waals surface area contributed by atoms with E-state index in [1.807, 2.05) is 0 Å². The number of benzene rings is 2. The van der Waals surface area contributed by atoms with Gasteiger partial charge in [0, 0.05) is 24.4 Å². The number of amides is 2. The molecule has 0 fully saturated rings. The number of hydrogen-bond acceptors (Lipinski definition) is 4. The monoisotopic (exact) mass is 408 g/mol. The molecule has 0 aliphatic carbocycles. The second kappa shape index (κ2) is 7.67. The van der Waals surface area contributed by atoms with Gasteiger partial charge < -0.3 is 10.2 Å². The zero-order valence-electron chi connectivity index (χ0n) is 15.0. The summed E-state index contributed by atoms with van der Waals surface area (Å²) in [7, 11) is -3.40. The summed E-state index contributed by atoms with van der Waals surface area (Å²) in [4.78, 5) is 26.8. The van der Waals surface area contributed by atoms with Gasteiger partial charge in [-0.15, -0.1) is 0 Å². The largest absolute Gasteiger partial charge is 0.322 e. The lowest BCUT2D eigenvalue weighted by Crippen LogP contribution is -2.45. The molecule has 9 heteroatoms. The van der Waals surface area contributed by atoms with E-state index in [-0.39, 0.29) is 24.4 Å². The fraction of sp³-hybridized carbons (Fsp3) is 0.263. The van der Waals surface area contributed by atoms with Crippen molar-refractivity contribution < 1.29 is 26.8 Å². The molecule has 2 aromatic rings. The molecule has 148 valence electrons. The fourth-order valence-corrected chi connectivity index (χ4v) is 3.74. The Morgan fingerprint density at radius 1 is 1.21 bits per heavy atom. The van der Waals surface area contributed by atoms with Gasteiger partial charge in [-0.1, -0.05) is 18.2 Å². The molecule has 0 bridgehead atoms. The minimum absolute atomic E-state index is 0.142. The van der Waals surface area contributed by atoms with E-state index in [0.29, 0.717) is 11.6 Å². The van der Waals surface area contributed by atoms with Crippen LogP contribution in [0.1, 0.15) is 22.3 Å². The number of rotatable bonds is 6. The van der Waals surface area contributed by atoms with Gasteiger partial charge in [-0.25, -0.2) is 17.2 Å². The lowest BCUT2D eigenvalue weighted by atomic mass is 10.1. The number of halogens is 2. The molecule has 0 spiro atoms. The molecule has 2 amide bonds. The molecule has 0 radical (unpaired) electrons. The van der Waals surface area contributed by atoms with Crippen molar-refractivity contribution in [3.05, 3.63) is 65.2 Å². The third-order valence-corrected chi connectivity index (χ3v) is 5.46. The number of fused-ring (bicyclic) bond motifs is 1. The molecule has 6 nitrogen and oxygen atoms in total. The highest BCUT2D eigenvalue weighted by Crippen LogP contribution is 2.26. The first-order valence-electron chi connectivity index (χ1n) is 8.48. The van der Waals surface area contributed by atoms with Crippen LogP contribution in [0.2, 0.25) is 0 Å². The summed E-state index contributed by atoms with van der Waals surface area (Å²) in [5.41, 5.74) is 0.908. The summed E-state index contributed by atoms with van der Waals surface area (Å²) in [6.45, 7) is 0.142. The van der Waals surface area contributed by atoms with Crippen LogP contribution in [0.15, 0.2) is 42.5 Å². The minimum Gasteiger partial charge on any atom is -0.322 e. The molecule has 3 rings (SSSR count). The molecule has 1 unspecified atom stereocenters. The predicted octanol–water partition coefficient (Wildman–Crippen LogP) is 2.36. The number of sulfone groups is 1. The van der Waals surface area contributed by atoms with Crippen LogP contribution in [0, 0.1) is 11.6 Å². The van der Waals surface area contributed by atoms with Crippen molar-refractivity contribution in [2.45, 2.75) is 19.0 Å². The van der Waals surface area contributed by atoms with Crippen LogP contribution in [0.4, 0.5) is 14.5 Å². The van der Waals surface area contributed by atoms with Gasteiger partial charge in [-0.05, 0) is 30.2 Å². The molecular formula is C19H18F2N2O4S. The second-order valence-corrected chi connectivity index (χ2v) is 8.90. The highest BCUT2D eigenvalue weighted by Gasteiger charge is 2.36. The third kappa shape index (κ3) is 4.36. The SMILES string of the molecule is CS(=O)(=O)CCC(C(=O)Nc1ccc(F)cc1F)N1Cc2ccccc2C1=O. The van der Waals surface area contributed by atoms with Crippen LogP contribution >= 0.6 is 0 Å². The third-order valence-electron chi connectivity index (χ3n) is 4.48. The Hall–Kier alpha value is -2.81. The number of carbonyl (C=O) groups excluding carboxylic acids is 2. The maximum absolute atomic E-state index is 13.9. The van der Waals surface area contributed by atoms with E-state index < -0.39 is 39.3 Å². The Morgan fingerprint density at radius 3 is 2.57 bits per heavy atom. The van der Waals surface area contributed by atoms with Crippen molar-refractivity contribution >= 4 is 27.3 Å². The lowest BCUT2D eigenvalue weighted by molar-refractivity contribution is -0.120. The Kier molecular flexibility index (Phi) is 5.46. The average Bonchev–Trinajstić information content (AvgIpc) is 2.94. The number of nitrogens with one attached hydrogen (secondary N) is 1. The Morgan fingerprint density at radius 2 is 1.93 bits per heavy atom. The number of anilines is 1. The molecule has 0 saturated carbocycles. The molecule has 0 saturated heterocycles. The van der Waals surface area contributed by atoms with Crippen LogP contribution in [-0.4, -0.2) is 43.2 Å². The van der Waals surface area contributed by atoms with E-state index >= 15 is 0 Å². The van der Waals surface area contributed by atoms with Crippen LogP contribution in [0.25, 0.3) is 0 Å². The van der Waals surface area contributed by atoms with Crippen LogP contribution in [-0.2, 0) is 21.2 Å². The van der Waals surface area contributed by atoms with E-state index in [0.717, 1.165) is 24.0 Å². The van der Waals surface area contributed by atoms with Gasteiger partial charge in [0.2, 0.25) is 5.91 Å². The van der Waals surface area contributed by atoms with Crippen LogP contribution in [0.5, 0.6) is 0 Å². The molecule has 1 N–H and O–H groups in total. The molecule has 2 aromatic carbocycles. The molecule has 1 atom stereocenters. The summed E-state index contributed by atoms with van der Waals surface area (Å²) in [5, 5.41) is 2.33. The highest BCUT2D eigenvalue weighted by atomic mass is 32.2. The molecule has 1 heterocycles. The zero-order chi connectivity index (χ0) is 20.5. The predicted molar refractivity (Wildman–Crippen MR) is 99.4 cm³/mol. The smallest absolute Gasteiger partial charge is 0.255 e. The number of carbonyl (C=O) groups is 2. The van der Waals surface area contributed by atoms with E-state index in [9.17, 15) is 26.8 Å². The van der Waals surface area contributed by atoms with Crippen molar-refractivity contribution in [3.63, 3.8) is 0 Å². The highest BCUT2D eigenvalue weighted by molar-refractivity contribution is 7.90. The molecule has 1 aliphatic rings. The quantitative estimate of drug-likeness (QED) is 0.796. The number of nitrogens with zero attached hydrogens (tertiary/aromatic N) is 1. The van der Waals surface area contributed by atoms with Crippen molar-refractivity contribution in [3.8, 4) is 0 Å². The second-order valence-electron chi connectivity index (χ2n) is 6.64. The molecule has 1 aliphatic heterocycles.